The van der Waals surface area contributed by atoms with E-state index >= 15 is 0 Å². The molecule has 374 valence electrons. The molecule has 2 saturated heterocycles. The summed E-state index contributed by atoms with van der Waals surface area (Å²) in [7, 11) is 0. The van der Waals surface area contributed by atoms with Crippen LogP contribution in [-0.2, 0) is 19.1 Å². The van der Waals surface area contributed by atoms with Crippen molar-refractivity contribution in [2.24, 2.45) is 11.8 Å². The lowest BCUT2D eigenvalue weighted by atomic mass is 9.89. The predicted octanol–water partition coefficient (Wildman–Crippen LogP) is 10.9. The molecular weight excluding hydrogens is 909 g/mol. The van der Waals surface area contributed by atoms with Gasteiger partial charge in [0, 0.05) is 94.3 Å². The summed E-state index contributed by atoms with van der Waals surface area (Å²) in [4.78, 5) is 46.1. The summed E-state index contributed by atoms with van der Waals surface area (Å²) in [5.41, 5.74) is 6.61. The largest absolute Gasteiger partial charge is 0.493 e. The monoisotopic (exact) mass is 972 g/mol. The number of carbonyl (C=O) groups is 2. The van der Waals surface area contributed by atoms with E-state index in [9.17, 15) is 9.59 Å². The number of piperidine rings is 2. The maximum Gasteiger partial charge on any atom is 0.420 e. The van der Waals surface area contributed by atoms with E-state index in [1.54, 1.807) is 0 Å². The van der Waals surface area contributed by atoms with Crippen molar-refractivity contribution in [3.05, 3.63) is 121 Å². The van der Waals surface area contributed by atoms with Crippen LogP contribution in [0.3, 0.4) is 0 Å². The van der Waals surface area contributed by atoms with Crippen molar-refractivity contribution in [2.75, 3.05) is 52.5 Å². The molecule has 0 spiro atoms. The third-order valence-corrected chi connectivity index (χ3v) is 15.4. The van der Waals surface area contributed by atoms with E-state index in [0.717, 1.165) is 109 Å². The Morgan fingerprint density at radius 2 is 0.889 bits per heavy atom. The first-order valence-electron chi connectivity index (χ1n) is 26.2. The van der Waals surface area contributed by atoms with E-state index < -0.39 is 24.5 Å². The number of hydrogen-bond donors (Lipinski definition) is 4. The Labute approximate surface area is 418 Å². The number of ether oxygens (including phenoxy) is 6. The normalized spacial score (nSPS) is 18.2. The van der Waals surface area contributed by atoms with Gasteiger partial charge in [-0.15, -0.1) is 0 Å². The first kappa shape index (κ1) is 46.2. The first-order chi connectivity index (χ1) is 35.5. The van der Waals surface area contributed by atoms with Crippen molar-refractivity contribution in [3.8, 4) is 23.0 Å². The lowest BCUT2D eigenvalue weighted by Crippen LogP contribution is -2.39. The number of likely N-dealkylation sites (tertiary alicyclic amines) is 2. The number of esters is 2. The number of rotatable bonds is 20. The van der Waals surface area contributed by atoms with Crippen LogP contribution in [0.2, 0.25) is 0 Å². The standard InChI is InChI=1S/C58H64N6O8/c65-57(71-53(69-49-9-1-5-45-41(49)17-25-59-45)23-31-63-27-19-39(20-28-63)43-33-61-47-7-3-11-51(55(43)47)67-35-37-13-14-37)58(66)72-54(70-50-10-2-6-46-42(50)18-26-60-46)24-32-64-29-21-40(22-30-64)44-34-62-48-8-4-12-52(56(44)48)68-36-38-15-16-38/h1-12,17-18,25-26,33-34,37-40,53-54,59-62H,13-16,19-24,27-32,35-36H2. The SMILES string of the molecule is O=C(OC(CCN1CCC(c2c[nH]c3cccc(OCC4CC4)c23)CC1)Oc1cccc2[nH]ccc12)C(=O)OC(CCN1CCC(c2c[nH]c3cccc(OCC4CC4)c23)CC1)Oc1cccc2[nH]ccc12. The van der Waals surface area contributed by atoms with Crippen molar-refractivity contribution in [2.45, 2.75) is 88.6 Å². The molecule has 0 bridgehead atoms. The van der Waals surface area contributed by atoms with Gasteiger partial charge >= 0.3 is 11.9 Å². The van der Waals surface area contributed by atoms with Gasteiger partial charge in [-0.3, -0.25) is 0 Å². The van der Waals surface area contributed by atoms with Gasteiger partial charge in [0.2, 0.25) is 12.6 Å². The Hall–Kier alpha value is -6.90. The molecule has 2 saturated carbocycles. The van der Waals surface area contributed by atoms with Crippen LogP contribution in [0.25, 0.3) is 43.6 Å². The predicted molar refractivity (Wildman–Crippen MR) is 277 cm³/mol. The Balaban J connectivity index is 0.699. The van der Waals surface area contributed by atoms with Crippen molar-refractivity contribution in [1.82, 2.24) is 29.7 Å². The van der Waals surface area contributed by atoms with Crippen LogP contribution in [0.4, 0.5) is 0 Å². The van der Waals surface area contributed by atoms with E-state index in [1.807, 2.05) is 60.9 Å². The van der Waals surface area contributed by atoms with Crippen LogP contribution in [0.15, 0.2) is 110 Å². The Bertz CT molecular complexity index is 2940. The van der Waals surface area contributed by atoms with Crippen molar-refractivity contribution < 1.29 is 38.0 Å². The second-order valence-corrected chi connectivity index (χ2v) is 20.5. The lowest BCUT2D eigenvalue weighted by molar-refractivity contribution is -0.191. The first-order valence-corrected chi connectivity index (χ1v) is 26.2. The smallest absolute Gasteiger partial charge is 0.420 e. The Morgan fingerprint density at radius 3 is 1.31 bits per heavy atom. The molecule has 4 aromatic carbocycles. The summed E-state index contributed by atoms with van der Waals surface area (Å²) in [6.45, 7) is 6.21. The highest BCUT2D eigenvalue weighted by Crippen LogP contribution is 2.41. The zero-order valence-corrected chi connectivity index (χ0v) is 40.7. The molecule has 0 radical (unpaired) electrons. The van der Waals surface area contributed by atoms with Gasteiger partial charge in [0.15, 0.2) is 0 Å². The number of nitrogens with one attached hydrogen (secondary N) is 4. The molecule has 12 rings (SSSR count). The molecule has 2 aliphatic heterocycles. The van der Waals surface area contributed by atoms with Gasteiger partial charge in [-0.25, -0.2) is 9.59 Å². The molecule has 14 heteroatoms. The van der Waals surface area contributed by atoms with Gasteiger partial charge in [0.25, 0.3) is 0 Å². The highest BCUT2D eigenvalue weighted by Gasteiger charge is 2.32. The van der Waals surface area contributed by atoms with Crippen molar-refractivity contribution in [3.63, 3.8) is 0 Å². The van der Waals surface area contributed by atoms with Crippen LogP contribution >= 0.6 is 0 Å². The van der Waals surface area contributed by atoms with Gasteiger partial charge in [0.1, 0.15) is 23.0 Å². The van der Waals surface area contributed by atoms with Gasteiger partial charge in [-0.1, -0.05) is 24.3 Å². The number of aromatic nitrogens is 4. The third kappa shape index (κ3) is 10.4. The van der Waals surface area contributed by atoms with Gasteiger partial charge < -0.3 is 58.2 Å². The van der Waals surface area contributed by atoms with Crippen molar-refractivity contribution >= 4 is 55.6 Å². The molecule has 14 nitrogen and oxygen atoms in total. The molecule has 4 N–H and O–H groups in total. The summed E-state index contributed by atoms with van der Waals surface area (Å²) in [5.74, 6) is 2.89. The summed E-state index contributed by atoms with van der Waals surface area (Å²) in [5, 5.41) is 4.09. The van der Waals surface area contributed by atoms with E-state index in [4.69, 9.17) is 28.4 Å². The highest BCUT2D eigenvalue weighted by atomic mass is 16.7. The number of carbonyl (C=O) groups excluding carboxylic acids is 2. The number of aromatic amines is 4. The molecule has 0 amide bonds. The second-order valence-electron chi connectivity index (χ2n) is 20.5. The molecular formula is C58H64N6O8. The number of H-pyrrole nitrogens is 4. The summed E-state index contributed by atoms with van der Waals surface area (Å²) < 4.78 is 37.6. The van der Waals surface area contributed by atoms with Crippen LogP contribution in [-0.4, -0.2) is 107 Å². The zero-order valence-electron chi connectivity index (χ0n) is 40.7. The molecule has 8 aromatic rings. The molecule has 4 aromatic heterocycles. The second kappa shape index (κ2) is 20.7. The molecule has 4 aliphatic rings. The quantitative estimate of drug-likeness (QED) is 0.0329. The Kier molecular flexibility index (Phi) is 13.3. The average molecular weight is 973 g/mol. The van der Waals surface area contributed by atoms with E-state index in [0.29, 0.717) is 61.1 Å². The molecule has 2 aliphatic carbocycles. The minimum atomic E-state index is -1.13. The van der Waals surface area contributed by atoms with Crippen LogP contribution in [0, 0.1) is 11.8 Å². The number of nitrogens with zero attached hydrogens (tertiary/aromatic N) is 2. The molecule has 2 atom stereocenters. The van der Waals surface area contributed by atoms with E-state index in [-0.39, 0.29) is 0 Å². The summed E-state index contributed by atoms with van der Waals surface area (Å²) >= 11 is 0. The zero-order chi connectivity index (χ0) is 48.4. The molecule has 2 unspecified atom stereocenters. The van der Waals surface area contributed by atoms with E-state index in [2.05, 4.69) is 78.5 Å². The van der Waals surface area contributed by atoms with Crippen LogP contribution in [0.1, 0.15) is 87.2 Å². The maximum absolute atomic E-state index is 13.9. The highest BCUT2D eigenvalue weighted by molar-refractivity contribution is 6.29. The van der Waals surface area contributed by atoms with Gasteiger partial charge in [-0.05, 0) is 173 Å². The fourth-order valence-corrected chi connectivity index (χ4v) is 11.0. The topological polar surface area (TPSA) is 159 Å². The minimum Gasteiger partial charge on any atom is -0.493 e. The number of benzene rings is 4. The van der Waals surface area contributed by atoms with Crippen LogP contribution in [0.5, 0.6) is 23.0 Å². The fourth-order valence-electron chi connectivity index (χ4n) is 11.0. The lowest BCUT2D eigenvalue weighted by Gasteiger charge is -2.33. The van der Waals surface area contributed by atoms with Gasteiger partial charge in [-0.2, -0.15) is 0 Å². The third-order valence-electron chi connectivity index (χ3n) is 15.4. The van der Waals surface area contributed by atoms with E-state index in [1.165, 1.54) is 47.6 Å². The fraction of sp³-hybridized carbons (Fsp3) is 0.414. The number of hydrogen-bond acceptors (Lipinski definition) is 10. The molecule has 4 fully saturated rings. The number of fused-ring (bicyclic) bond motifs is 4. The average Bonchev–Trinajstić information content (AvgIpc) is 4.14. The Morgan fingerprint density at radius 1 is 0.486 bits per heavy atom. The summed E-state index contributed by atoms with van der Waals surface area (Å²) in [6, 6.07) is 27.8. The molecule has 6 heterocycles. The minimum absolute atomic E-state index is 0.343. The van der Waals surface area contributed by atoms with Crippen molar-refractivity contribution in [1.29, 1.82) is 0 Å². The molecule has 72 heavy (non-hydrogen) atoms. The van der Waals surface area contributed by atoms with Gasteiger partial charge in [0.05, 0.1) is 13.2 Å². The maximum atomic E-state index is 13.9. The summed E-state index contributed by atoms with van der Waals surface area (Å²) in [6.07, 6.45) is 15.5. The van der Waals surface area contributed by atoms with Crippen LogP contribution < -0.4 is 18.9 Å².